The van der Waals surface area contributed by atoms with Crippen LogP contribution in [-0.2, 0) is 0 Å². The second-order valence-corrected chi connectivity index (χ2v) is 7.51. The molecule has 0 aliphatic rings. The molecule has 0 bridgehead atoms. The Balaban J connectivity index is 2.05. The molecule has 0 saturated heterocycles. The maximum Gasteiger partial charge on any atom is 0.138 e. The topological polar surface area (TPSA) is 28.7 Å². The first-order chi connectivity index (χ1) is 11.7. The van der Waals surface area contributed by atoms with Crippen LogP contribution in [0.15, 0.2) is 53.6 Å². The highest BCUT2D eigenvalue weighted by Crippen LogP contribution is 2.37. The highest BCUT2D eigenvalue weighted by Gasteiger charge is 2.13. The van der Waals surface area contributed by atoms with Crippen molar-refractivity contribution < 1.29 is 0 Å². The van der Waals surface area contributed by atoms with Crippen LogP contribution in [0.5, 0.6) is 0 Å². The lowest BCUT2D eigenvalue weighted by atomic mass is 9.97. The van der Waals surface area contributed by atoms with Crippen LogP contribution in [0, 0.1) is 13.8 Å². The molecule has 0 radical (unpaired) electrons. The summed E-state index contributed by atoms with van der Waals surface area (Å²) in [7, 11) is 0. The van der Waals surface area contributed by atoms with Crippen LogP contribution in [0.2, 0.25) is 0 Å². The zero-order valence-corrected chi connectivity index (χ0v) is 15.0. The summed E-state index contributed by atoms with van der Waals surface area (Å²) in [5.41, 5.74) is 7.13. The Bertz CT molecular complexity index is 1050. The quantitative estimate of drug-likeness (QED) is 0.458. The third-order valence-electron chi connectivity index (χ3n) is 4.41. The fourth-order valence-corrected chi connectivity index (χ4v) is 4.00. The largest absolute Gasteiger partial charge is 0.339 e. The van der Waals surface area contributed by atoms with E-state index in [9.17, 15) is 0 Å². The highest BCUT2D eigenvalue weighted by molar-refractivity contribution is 7.99. The summed E-state index contributed by atoms with van der Waals surface area (Å²) in [5, 5.41) is 2.48. The summed E-state index contributed by atoms with van der Waals surface area (Å²) in [6.07, 6.45) is 1.92. The van der Waals surface area contributed by atoms with Crippen LogP contribution >= 0.6 is 11.8 Å². The van der Waals surface area contributed by atoms with Gasteiger partial charge in [-0.1, -0.05) is 31.2 Å². The SMILES string of the molecule is CCSc1cccc(-c2ccc(C)c3[nH]c4ncc(C)cc4c23)c1. The lowest BCUT2D eigenvalue weighted by Gasteiger charge is -2.08. The minimum atomic E-state index is 0.963. The minimum absolute atomic E-state index is 0.963. The molecule has 0 spiro atoms. The second-order valence-electron chi connectivity index (χ2n) is 6.17. The van der Waals surface area contributed by atoms with Crippen molar-refractivity contribution in [3.8, 4) is 11.1 Å². The number of fused-ring (bicyclic) bond motifs is 3. The molecule has 1 N–H and O–H groups in total. The van der Waals surface area contributed by atoms with Gasteiger partial charge in [-0.15, -0.1) is 11.8 Å². The van der Waals surface area contributed by atoms with E-state index in [1.54, 1.807) is 0 Å². The van der Waals surface area contributed by atoms with E-state index < -0.39 is 0 Å². The molecule has 3 heteroatoms. The fraction of sp³-hybridized carbons (Fsp3) is 0.190. The number of aromatic amines is 1. The number of benzene rings is 2. The Labute approximate surface area is 146 Å². The third kappa shape index (κ3) is 2.49. The summed E-state index contributed by atoms with van der Waals surface area (Å²) in [6.45, 7) is 6.44. The number of rotatable bonds is 3. The molecule has 120 valence electrons. The van der Waals surface area contributed by atoms with Crippen LogP contribution < -0.4 is 0 Å². The Morgan fingerprint density at radius 3 is 2.79 bits per heavy atom. The van der Waals surface area contributed by atoms with Gasteiger partial charge in [0, 0.05) is 21.9 Å². The fourth-order valence-electron chi connectivity index (χ4n) is 3.29. The number of hydrogen-bond donors (Lipinski definition) is 1. The van der Waals surface area contributed by atoms with Crippen LogP contribution in [0.1, 0.15) is 18.1 Å². The number of H-pyrrole nitrogens is 1. The average molecular weight is 332 g/mol. The van der Waals surface area contributed by atoms with Crippen molar-refractivity contribution in [1.29, 1.82) is 0 Å². The van der Waals surface area contributed by atoms with E-state index in [1.165, 1.54) is 43.4 Å². The van der Waals surface area contributed by atoms with Crippen molar-refractivity contribution in [2.24, 2.45) is 0 Å². The number of nitrogens with zero attached hydrogens (tertiary/aromatic N) is 1. The van der Waals surface area contributed by atoms with Crippen LogP contribution in [0.4, 0.5) is 0 Å². The van der Waals surface area contributed by atoms with Crippen molar-refractivity contribution in [1.82, 2.24) is 9.97 Å². The number of thioether (sulfide) groups is 1. The number of aromatic nitrogens is 2. The Morgan fingerprint density at radius 1 is 1.08 bits per heavy atom. The number of nitrogens with one attached hydrogen (secondary N) is 1. The Kier molecular flexibility index (Phi) is 3.81. The molecule has 4 rings (SSSR count). The molecule has 2 aromatic carbocycles. The Hall–Kier alpha value is -2.26. The molecule has 0 saturated carbocycles. The van der Waals surface area contributed by atoms with Crippen molar-refractivity contribution in [2.45, 2.75) is 25.7 Å². The molecule has 24 heavy (non-hydrogen) atoms. The van der Waals surface area contributed by atoms with Crippen molar-refractivity contribution in [3.63, 3.8) is 0 Å². The summed E-state index contributed by atoms with van der Waals surface area (Å²) < 4.78 is 0. The van der Waals surface area contributed by atoms with Gasteiger partial charge in [-0.2, -0.15) is 0 Å². The molecule has 0 aliphatic carbocycles. The maximum atomic E-state index is 4.58. The number of aryl methyl sites for hydroxylation is 2. The molecule has 2 heterocycles. The zero-order chi connectivity index (χ0) is 16.7. The van der Waals surface area contributed by atoms with E-state index in [1.807, 2.05) is 18.0 Å². The number of hydrogen-bond acceptors (Lipinski definition) is 2. The van der Waals surface area contributed by atoms with Crippen LogP contribution in [0.3, 0.4) is 0 Å². The molecule has 0 fully saturated rings. The van der Waals surface area contributed by atoms with Crippen molar-refractivity contribution >= 4 is 33.7 Å². The molecular formula is C21H20N2S. The summed E-state index contributed by atoms with van der Waals surface area (Å²) in [4.78, 5) is 9.41. The van der Waals surface area contributed by atoms with Gasteiger partial charge in [0.25, 0.3) is 0 Å². The van der Waals surface area contributed by atoms with Crippen LogP contribution in [0.25, 0.3) is 33.1 Å². The molecule has 0 aliphatic heterocycles. The highest BCUT2D eigenvalue weighted by atomic mass is 32.2. The van der Waals surface area contributed by atoms with E-state index in [2.05, 4.69) is 73.2 Å². The van der Waals surface area contributed by atoms with Gasteiger partial charge in [-0.05, 0) is 60.1 Å². The smallest absolute Gasteiger partial charge is 0.138 e. The third-order valence-corrected chi connectivity index (χ3v) is 5.28. The van der Waals surface area contributed by atoms with Gasteiger partial charge in [0.15, 0.2) is 0 Å². The lowest BCUT2D eigenvalue weighted by molar-refractivity contribution is 1.29. The minimum Gasteiger partial charge on any atom is -0.339 e. The first-order valence-electron chi connectivity index (χ1n) is 8.28. The first-order valence-corrected chi connectivity index (χ1v) is 9.27. The molecule has 0 atom stereocenters. The van der Waals surface area contributed by atoms with Gasteiger partial charge in [0.2, 0.25) is 0 Å². The van der Waals surface area contributed by atoms with E-state index in [0.717, 1.165) is 11.4 Å². The van der Waals surface area contributed by atoms with Crippen molar-refractivity contribution in [2.75, 3.05) is 5.75 Å². The maximum absolute atomic E-state index is 4.58. The second kappa shape index (κ2) is 5.99. The van der Waals surface area contributed by atoms with Gasteiger partial charge in [-0.3, -0.25) is 0 Å². The Morgan fingerprint density at radius 2 is 1.96 bits per heavy atom. The predicted molar refractivity (Wildman–Crippen MR) is 105 cm³/mol. The predicted octanol–water partition coefficient (Wildman–Crippen LogP) is 6.11. The van der Waals surface area contributed by atoms with E-state index in [4.69, 9.17) is 0 Å². The zero-order valence-electron chi connectivity index (χ0n) is 14.2. The molecular weight excluding hydrogens is 312 g/mol. The summed E-state index contributed by atoms with van der Waals surface area (Å²) in [6, 6.07) is 15.5. The molecule has 0 amide bonds. The van der Waals surface area contributed by atoms with Crippen LogP contribution in [-0.4, -0.2) is 15.7 Å². The van der Waals surface area contributed by atoms with Gasteiger partial charge >= 0.3 is 0 Å². The normalized spacial score (nSPS) is 11.5. The molecule has 0 unspecified atom stereocenters. The standard InChI is InChI=1S/C21H20N2S/c1-4-24-16-7-5-6-15(11-16)17-9-8-14(3)20-19(17)18-10-13(2)12-22-21(18)23-20/h5-12H,4H2,1-3H3,(H,22,23). The first kappa shape index (κ1) is 15.3. The lowest BCUT2D eigenvalue weighted by Crippen LogP contribution is -1.84. The summed E-state index contributed by atoms with van der Waals surface area (Å²) in [5.74, 6) is 1.09. The van der Waals surface area contributed by atoms with Gasteiger partial charge in [0.1, 0.15) is 5.65 Å². The summed E-state index contributed by atoms with van der Waals surface area (Å²) >= 11 is 1.88. The van der Waals surface area contributed by atoms with Gasteiger partial charge in [-0.25, -0.2) is 4.98 Å². The average Bonchev–Trinajstić information content (AvgIpc) is 2.96. The van der Waals surface area contributed by atoms with Gasteiger partial charge < -0.3 is 4.98 Å². The van der Waals surface area contributed by atoms with Crippen molar-refractivity contribution in [3.05, 3.63) is 59.8 Å². The molecule has 4 aromatic rings. The van der Waals surface area contributed by atoms with E-state index in [0.29, 0.717) is 0 Å². The molecule has 2 aromatic heterocycles. The van der Waals surface area contributed by atoms with E-state index in [-0.39, 0.29) is 0 Å². The molecule has 2 nitrogen and oxygen atoms in total. The number of pyridine rings is 1. The van der Waals surface area contributed by atoms with Gasteiger partial charge in [0.05, 0.1) is 5.52 Å². The monoisotopic (exact) mass is 332 g/mol. The van der Waals surface area contributed by atoms with E-state index >= 15 is 0 Å².